The number of anilines is 1. The fraction of sp³-hybridized carbons (Fsp3) is 0.381. The van der Waals surface area contributed by atoms with Crippen LogP contribution in [-0.4, -0.2) is 47.1 Å². The minimum Gasteiger partial charge on any atom is -0.366 e. The highest BCUT2D eigenvalue weighted by Gasteiger charge is 2.29. The lowest BCUT2D eigenvalue weighted by atomic mass is 10.0. The summed E-state index contributed by atoms with van der Waals surface area (Å²) in [6.07, 6.45) is 1.77. The summed E-state index contributed by atoms with van der Waals surface area (Å²) in [5.41, 5.74) is 10.3. The normalized spacial score (nSPS) is 15.8. The Bertz CT molecular complexity index is 1050. The fourth-order valence-corrected chi connectivity index (χ4v) is 4.24. The summed E-state index contributed by atoms with van der Waals surface area (Å²) in [7, 11) is 0. The molecule has 1 saturated heterocycles. The van der Waals surface area contributed by atoms with Crippen LogP contribution in [0.15, 0.2) is 28.9 Å². The van der Waals surface area contributed by atoms with Crippen LogP contribution in [0.1, 0.15) is 40.3 Å². The molecule has 1 unspecified atom stereocenters. The average molecular weight is 414 g/mol. The van der Waals surface area contributed by atoms with Gasteiger partial charge in [0, 0.05) is 43.8 Å². The molecule has 0 radical (unpaired) electrons. The third-order valence-electron chi connectivity index (χ3n) is 5.47. The first-order valence-corrected chi connectivity index (χ1v) is 10.1. The number of aryl methyl sites for hydroxylation is 2. The zero-order valence-corrected chi connectivity index (χ0v) is 17.5. The zero-order chi connectivity index (χ0) is 20.7. The van der Waals surface area contributed by atoms with Gasteiger partial charge in [0.05, 0.1) is 21.9 Å². The lowest BCUT2D eigenvalue weighted by Crippen LogP contribution is -2.49. The molecular formula is C21H24ClN5O2. The van der Waals surface area contributed by atoms with Crippen LogP contribution in [-0.2, 0) is 0 Å². The lowest BCUT2D eigenvalue weighted by molar-refractivity contribution is 0.0744. The van der Waals surface area contributed by atoms with E-state index in [1.54, 1.807) is 20.0 Å². The van der Waals surface area contributed by atoms with E-state index in [0.717, 1.165) is 22.2 Å². The zero-order valence-electron chi connectivity index (χ0n) is 16.8. The lowest BCUT2D eigenvalue weighted by Gasteiger charge is -2.37. The Morgan fingerprint density at radius 1 is 1.28 bits per heavy atom. The van der Waals surface area contributed by atoms with Crippen LogP contribution in [0.4, 0.5) is 5.69 Å². The number of halogens is 1. The van der Waals surface area contributed by atoms with Crippen molar-refractivity contribution in [3.8, 4) is 0 Å². The van der Waals surface area contributed by atoms with E-state index in [1.165, 1.54) is 0 Å². The molecule has 1 aromatic carbocycles. The van der Waals surface area contributed by atoms with Gasteiger partial charge < -0.3 is 20.1 Å². The number of aromatic nitrogens is 2. The van der Waals surface area contributed by atoms with Crippen LogP contribution < -0.4 is 10.6 Å². The van der Waals surface area contributed by atoms with Gasteiger partial charge in [-0.25, -0.2) is 0 Å². The molecule has 1 amide bonds. The molecular weight excluding hydrogens is 390 g/mol. The molecule has 152 valence electrons. The van der Waals surface area contributed by atoms with Crippen LogP contribution >= 0.6 is 11.6 Å². The molecule has 1 aliphatic heterocycles. The summed E-state index contributed by atoms with van der Waals surface area (Å²) in [4.78, 5) is 21.6. The van der Waals surface area contributed by atoms with E-state index in [0.29, 0.717) is 48.2 Å². The van der Waals surface area contributed by atoms with Gasteiger partial charge in [0.2, 0.25) is 0 Å². The van der Waals surface area contributed by atoms with E-state index in [9.17, 15) is 4.79 Å². The predicted molar refractivity (Wildman–Crippen MR) is 113 cm³/mol. The van der Waals surface area contributed by atoms with E-state index in [1.807, 2.05) is 30.0 Å². The second-order valence-corrected chi connectivity index (χ2v) is 7.87. The van der Waals surface area contributed by atoms with E-state index in [2.05, 4.69) is 15.0 Å². The van der Waals surface area contributed by atoms with E-state index in [4.69, 9.17) is 21.9 Å². The van der Waals surface area contributed by atoms with Gasteiger partial charge in [0.15, 0.2) is 0 Å². The highest BCUT2D eigenvalue weighted by atomic mass is 35.5. The van der Waals surface area contributed by atoms with Gasteiger partial charge in [-0.05, 0) is 44.5 Å². The molecule has 1 fully saturated rings. The molecule has 4 rings (SSSR count). The summed E-state index contributed by atoms with van der Waals surface area (Å²) in [6, 6.07) is 5.60. The fourth-order valence-electron chi connectivity index (χ4n) is 3.97. The van der Waals surface area contributed by atoms with Crippen molar-refractivity contribution in [2.24, 2.45) is 5.73 Å². The van der Waals surface area contributed by atoms with E-state index < -0.39 is 0 Å². The largest absolute Gasteiger partial charge is 0.366 e. The Morgan fingerprint density at radius 3 is 2.62 bits per heavy atom. The number of carbonyl (C=O) groups is 1. The molecule has 3 aromatic rings. The Kier molecular flexibility index (Phi) is 5.19. The van der Waals surface area contributed by atoms with Crippen molar-refractivity contribution >= 4 is 34.1 Å². The molecule has 2 aromatic heterocycles. The molecule has 8 heteroatoms. The standard InChI is InChI=1S/C21H24ClN5O2/c1-12(23)16-11-17(22)15-5-4-6-24-19(15)20(16)26-7-9-27(10-8-26)21(28)18-13(2)25-29-14(18)3/h4-6,11-12H,7-10,23H2,1-3H3. The number of fused-ring (bicyclic) bond motifs is 1. The predicted octanol–water partition coefficient (Wildman–Crippen LogP) is 3.48. The number of piperazine rings is 1. The first-order valence-electron chi connectivity index (χ1n) is 9.68. The summed E-state index contributed by atoms with van der Waals surface area (Å²) in [5.74, 6) is 0.523. The first-order chi connectivity index (χ1) is 13.9. The maximum atomic E-state index is 12.9. The Labute approximate surface area is 174 Å². The quantitative estimate of drug-likeness (QED) is 0.707. The Balaban J connectivity index is 1.64. The van der Waals surface area contributed by atoms with Crippen LogP contribution in [0.3, 0.4) is 0 Å². The van der Waals surface area contributed by atoms with E-state index >= 15 is 0 Å². The smallest absolute Gasteiger partial charge is 0.259 e. The van der Waals surface area contributed by atoms with Crippen LogP contribution in [0.2, 0.25) is 5.02 Å². The van der Waals surface area contributed by atoms with Crippen LogP contribution in [0.25, 0.3) is 10.9 Å². The van der Waals surface area contributed by atoms with Gasteiger partial charge in [0.1, 0.15) is 11.3 Å². The number of hydrogen-bond acceptors (Lipinski definition) is 6. The number of carbonyl (C=O) groups excluding carboxylic acids is 1. The SMILES string of the molecule is Cc1noc(C)c1C(=O)N1CCN(c2c(C(C)N)cc(Cl)c3cccnc23)CC1. The van der Waals surface area contributed by atoms with Gasteiger partial charge >= 0.3 is 0 Å². The molecule has 3 heterocycles. The Hall–Kier alpha value is -2.64. The highest BCUT2D eigenvalue weighted by Crippen LogP contribution is 2.37. The number of hydrogen-bond donors (Lipinski definition) is 1. The molecule has 0 saturated carbocycles. The summed E-state index contributed by atoms with van der Waals surface area (Å²) in [5, 5.41) is 5.46. The topological polar surface area (TPSA) is 88.5 Å². The molecule has 7 nitrogen and oxygen atoms in total. The molecule has 29 heavy (non-hydrogen) atoms. The second-order valence-electron chi connectivity index (χ2n) is 7.46. The van der Waals surface area contributed by atoms with Gasteiger partial charge in [-0.3, -0.25) is 9.78 Å². The molecule has 1 atom stereocenters. The van der Waals surface area contributed by atoms with Crippen molar-refractivity contribution in [3.63, 3.8) is 0 Å². The van der Waals surface area contributed by atoms with E-state index in [-0.39, 0.29) is 11.9 Å². The van der Waals surface area contributed by atoms with Crippen LogP contribution in [0.5, 0.6) is 0 Å². The second kappa shape index (κ2) is 7.65. The van der Waals surface area contributed by atoms with Crippen LogP contribution in [0, 0.1) is 13.8 Å². The maximum Gasteiger partial charge on any atom is 0.259 e. The highest BCUT2D eigenvalue weighted by molar-refractivity contribution is 6.36. The molecule has 2 N–H and O–H groups in total. The van der Waals surface area contributed by atoms with Crippen molar-refractivity contribution < 1.29 is 9.32 Å². The number of amides is 1. The molecule has 0 spiro atoms. The van der Waals surface area contributed by atoms with Crippen molar-refractivity contribution in [2.45, 2.75) is 26.8 Å². The number of nitrogens with two attached hydrogens (primary N) is 1. The van der Waals surface area contributed by atoms with Crippen molar-refractivity contribution in [3.05, 3.63) is 52.0 Å². The first kappa shape index (κ1) is 19.7. The van der Waals surface area contributed by atoms with Gasteiger partial charge in [-0.2, -0.15) is 0 Å². The monoisotopic (exact) mass is 413 g/mol. The maximum absolute atomic E-state index is 12.9. The van der Waals surface area contributed by atoms with Crippen molar-refractivity contribution in [1.82, 2.24) is 15.0 Å². The number of pyridine rings is 1. The van der Waals surface area contributed by atoms with Crippen molar-refractivity contribution in [1.29, 1.82) is 0 Å². The third-order valence-corrected chi connectivity index (χ3v) is 5.78. The average Bonchev–Trinajstić information content (AvgIpc) is 3.05. The minimum absolute atomic E-state index is 0.0348. The molecule has 0 bridgehead atoms. The minimum atomic E-state index is -0.184. The third kappa shape index (κ3) is 3.45. The van der Waals surface area contributed by atoms with Crippen molar-refractivity contribution in [2.75, 3.05) is 31.1 Å². The number of nitrogens with zero attached hydrogens (tertiary/aromatic N) is 4. The van der Waals surface area contributed by atoms with Gasteiger partial charge in [0.25, 0.3) is 5.91 Å². The molecule has 0 aliphatic carbocycles. The van der Waals surface area contributed by atoms with Gasteiger partial charge in [-0.15, -0.1) is 0 Å². The number of rotatable bonds is 3. The Morgan fingerprint density at radius 2 is 2.00 bits per heavy atom. The molecule has 1 aliphatic rings. The summed E-state index contributed by atoms with van der Waals surface area (Å²) >= 11 is 6.49. The summed E-state index contributed by atoms with van der Waals surface area (Å²) < 4.78 is 5.16. The summed E-state index contributed by atoms with van der Waals surface area (Å²) in [6.45, 7) is 8.06. The number of benzene rings is 1. The van der Waals surface area contributed by atoms with Gasteiger partial charge in [-0.1, -0.05) is 16.8 Å².